The maximum atomic E-state index is 12.7. The molecule has 2 aromatic carbocycles. The Morgan fingerprint density at radius 3 is 2.12 bits per heavy atom. The van der Waals surface area contributed by atoms with Crippen molar-refractivity contribution < 1.29 is 27.6 Å². The van der Waals surface area contributed by atoms with E-state index in [0.717, 1.165) is 6.07 Å². The first-order chi connectivity index (χ1) is 15.2. The summed E-state index contributed by atoms with van der Waals surface area (Å²) in [5.41, 5.74) is 2.79. The summed E-state index contributed by atoms with van der Waals surface area (Å²) in [5.74, 6) is 1.26. The lowest BCUT2D eigenvalue weighted by molar-refractivity contribution is -0.384. The maximum Gasteiger partial charge on any atom is 0.295 e. The van der Waals surface area contributed by atoms with Gasteiger partial charge in [0.1, 0.15) is 5.69 Å². The van der Waals surface area contributed by atoms with Crippen molar-refractivity contribution in [3.63, 3.8) is 0 Å². The van der Waals surface area contributed by atoms with Crippen molar-refractivity contribution in [3.8, 4) is 17.2 Å². The molecule has 0 heterocycles. The van der Waals surface area contributed by atoms with E-state index in [9.17, 15) is 18.5 Å². The first kappa shape index (κ1) is 24.9. The van der Waals surface area contributed by atoms with Crippen LogP contribution < -0.4 is 19.6 Å². The van der Waals surface area contributed by atoms with Crippen LogP contribution >= 0.6 is 0 Å². The highest BCUT2D eigenvalue weighted by molar-refractivity contribution is 7.89. The van der Waals surface area contributed by atoms with E-state index in [0.29, 0.717) is 22.8 Å². The van der Waals surface area contributed by atoms with E-state index >= 15 is 0 Å². The van der Waals surface area contributed by atoms with Crippen molar-refractivity contribution >= 4 is 27.6 Å². The maximum absolute atomic E-state index is 12.7. The number of nitrogens with zero attached hydrogens (tertiary/aromatic N) is 3. The molecule has 0 radical (unpaired) electrons. The third-order valence-electron chi connectivity index (χ3n) is 4.59. The van der Waals surface area contributed by atoms with Gasteiger partial charge in [0.15, 0.2) is 11.5 Å². The molecular weight excluding hydrogens is 440 g/mol. The van der Waals surface area contributed by atoms with Crippen LogP contribution in [-0.4, -0.2) is 58.3 Å². The van der Waals surface area contributed by atoms with Crippen LogP contribution in [-0.2, 0) is 10.0 Å². The van der Waals surface area contributed by atoms with Crippen LogP contribution in [0.3, 0.4) is 0 Å². The molecule has 2 rings (SSSR count). The number of rotatable bonds is 11. The first-order valence-corrected chi connectivity index (χ1v) is 11.0. The van der Waals surface area contributed by atoms with Crippen LogP contribution in [0.4, 0.5) is 11.4 Å². The van der Waals surface area contributed by atoms with Crippen molar-refractivity contribution in [2.24, 2.45) is 5.10 Å². The van der Waals surface area contributed by atoms with Gasteiger partial charge in [-0.25, -0.2) is 8.42 Å². The lowest BCUT2D eigenvalue weighted by Crippen LogP contribution is -2.30. The minimum atomic E-state index is -3.84. The summed E-state index contributed by atoms with van der Waals surface area (Å²) in [7, 11) is 0.608. The molecule has 0 aliphatic heterocycles. The van der Waals surface area contributed by atoms with Crippen LogP contribution in [0.2, 0.25) is 0 Å². The van der Waals surface area contributed by atoms with Crippen molar-refractivity contribution in [1.82, 2.24) is 4.31 Å². The van der Waals surface area contributed by atoms with Crippen LogP contribution in [0.15, 0.2) is 40.3 Å². The van der Waals surface area contributed by atoms with Crippen LogP contribution in [0, 0.1) is 10.1 Å². The van der Waals surface area contributed by atoms with Gasteiger partial charge in [0.2, 0.25) is 15.8 Å². The lowest BCUT2D eigenvalue weighted by atomic mass is 10.2. The third kappa shape index (κ3) is 5.26. The molecule has 12 heteroatoms. The summed E-state index contributed by atoms with van der Waals surface area (Å²) in [6.07, 6.45) is 1.41. The second-order valence-corrected chi connectivity index (χ2v) is 8.29. The van der Waals surface area contributed by atoms with Gasteiger partial charge in [-0.1, -0.05) is 13.8 Å². The second-order valence-electron chi connectivity index (χ2n) is 6.35. The quantitative estimate of drug-likeness (QED) is 0.303. The van der Waals surface area contributed by atoms with E-state index in [4.69, 9.17) is 14.2 Å². The van der Waals surface area contributed by atoms with Crippen LogP contribution in [0.1, 0.15) is 19.4 Å². The Morgan fingerprint density at radius 2 is 1.66 bits per heavy atom. The Kier molecular flexibility index (Phi) is 8.38. The van der Waals surface area contributed by atoms with Gasteiger partial charge in [-0.05, 0) is 24.3 Å². The number of benzene rings is 2. The predicted molar refractivity (Wildman–Crippen MR) is 121 cm³/mol. The van der Waals surface area contributed by atoms with E-state index in [-0.39, 0.29) is 23.7 Å². The minimum absolute atomic E-state index is 0.0391. The van der Waals surface area contributed by atoms with Crippen LogP contribution in [0.25, 0.3) is 0 Å². The molecule has 0 fully saturated rings. The fourth-order valence-electron chi connectivity index (χ4n) is 2.98. The molecule has 2 aromatic rings. The van der Waals surface area contributed by atoms with Gasteiger partial charge in [-0.15, -0.1) is 0 Å². The number of anilines is 1. The largest absolute Gasteiger partial charge is 0.493 e. The molecule has 0 spiro atoms. The van der Waals surface area contributed by atoms with Gasteiger partial charge in [0.05, 0.1) is 37.4 Å². The SMILES string of the molecule is CCN(CC)S(=O)(=O)c1ccc(NN=Cc2cc(OC)c(OC)c(OC)c2)c([N+](=O)[O-])c1. The van der Waals surface area contributed by atoms with Gasteiger partial charge in [-0.3, -0.25) is 15.5 Å². The molecule has 0 saturated carbocycles. The fourth-order valence-corrected chi connectivity index (χ4v) is 4.46. The molecule has 11 nitrogen and oxygen atoms in total. The topological polar surface area (TPSA) is 133 Å². The van der Waals surface area contributed by atoms with Gasteiger partial charge in [0.25, 0.3) is 5.69 Å². The summed E-state index contributed by atoms with van der Waals surface area (Å²) >= 11 is 0. The summed E-state index contributed by atoms with van der Waals surface area (Å²) in [4.78, 5) is 10.7. The number of hydrazone groups is 1. The summed E-state index contributed by atoms with van der Waals surface area (Å²) in [6, 6.07) is 6.94. The molecule has 0 aromatic heterocycles. The van der Waals surface area contributed by atoms with Gasteiger partial charge in [-0.2, -0.15) is 9.41 Å². The van der Waals surface area contributed by atoms with Crippen molar-refractivity contribution in [2.75, 3.05) is 39.8 Å². The fraction of sp³-hybridized carbons (Fsp3) is 0.350. The highest BCUT2D eigenvalue weighted by Crippen LogP contribution is 2.37. The number of nitro groups is 1. The van der Waals surface area contributed by atoms with Crippen LogP contribution in [0.5, 0.6) is 17.2 Å². The summed E-state index contributed by atoms with van der Waals surface area (Å²) in [6.45, 7) is 3.91. The normalized spacial score (nSPS) is 11.6. The molecule has 0 bridgehead atoms. The van der Waals surface area contributed by atoms with Crippen molar-refractivity contribution in [1.29, 1.82) is 0 Å². The Hall–Kier alpha value is -3.38. The van der Waals surface area contributed by atoms with Gasteiger partial charge < -0.3 is 14.2 Å². The summed E-state index contributed by atoms with van der Waals surface area (Å²) in [5, 5.41) is 15.6. The third-order valence-corrected chi connectivity index (χ3v) is 6.64. The summed E-state index contributed by atoms with van der Waals surface area (Å²) < 4.78 is 42.4. The molecule has 174 valence electrons. The zero-order valence-electron chi connectivity index (χ0n) is 18.5. The smallest absolute Gasteiger partial charge is 0.295 e. The number of sulfonamides is 1. The molecular formula is C20H26N4O7S. The van der Waals surface area contributed by atoms with Crippen molar-refractivity contribution in [2.45, 2.75) is 18.7 Å². The Balaban J connectivity index is 2.36. The Bertz CT molecular complexity index is 1070. The minimum Gasteiger partial charge on any atom is -0.493 e. The van der Waals surface area contributed by atoms with E-state index in [1.165, 1.54) is 44.0 Å². The number of hydrogen-bond acceptors (Lipinski definition) is 9. The van der Waals surface area contributed by atoms with E-state index in [1.807, 2.05) is 0 Å². The average Bonchev–Trinajstić information content (AvgIpc) is 2.78. The molecule has 0 saturated heterocycles. The van der Waals surface area contributed by atoms with E-state index in [1.54, 1.807) is 26.0 Å². The monoisotopic (exact) mass is 466 g/mol. The molecule has 0 aliphatic rings. The van der Waals surface area contributed by atoms with Gasteiger partial charge in [0, 0.05) is 24.7 Å². The standard InChI is InChI=1S/C20H26N4O7S/c1-6-23(7-2)32(27,28)15-8-9-16(17(12-15)24(25)26)22-21-13-14-10-18(29-3)20(31-5)19(11-14)30-4/h8-13,22H,6-7H2,1-5H3. The highest BCUT2D eigenvalue weighted by Gasteiger charge is 2.25. The Labute approximate surface area is 186 Å². The average molecular weight is 467 g/mol. The first-order valence-electron chi connectivity index (χ1n) is 9.61. The second kappa shape index (κ2) is 10.8. The lowest BCUT2D eigenvalue weighted by Gasteiger charge is -2.18. The molecule has 1 N–H and O–H groups in total. The highest BCUT2D eigenvalue weighted by atomic mass is 32.2. The number of ether oxygens (including phenoxy) is 3. The number of nitrogens with one attached hydrogen (secondary N) is 1. The molecule has 32 heavy (non-hydrogen) atoms. The van der Waals surface area contributed by atoms with Crippen molar-refractivity contribution in [3.05, 3.63) is 46.0 Å². The Morgan fingerprint density at radius 1 is 1.06 bits per heavy atom. The molecule has 0 atom stereocenters. The van der Waals surface area contributed by atoms with E-state index in [2.05, 4.69) is 10.5 Å². The zero-order valence-corrected chi connectivity index (χ0v) is 19.3. The number of methoxy groups -OCH3 is 3. The molecule has 0 unspecified atom stereocenters. The predicted octanol–water partition coefficient (Wildman–Crippen LogP) is 3.10. The number of nitro benzene ring substituents is 1. The number of hydrogen-bond donors (Lipinski definition) is 1. The zero-order chi connectivity index (χ0) is 23.9. The van der Waals surface area contributed by atoms with E-state index < -0.39 is 20.6 Å². The molecule has 0 aliphatic carbocycles. The van der Waals surface area contributed by atoms with Gasteiger partial charge >= 0.3 is 0 Å². The molecule has 0 amide bonds.